The quantitative estimate of drug-likeness (QED) is 0.354. The van der Waals surface area contributed by atoms with Crippen LogP contribution >= 0.6 is 11.3 Å². The number of hydrogen-bond acceptors (Lipinski definition) is 6. The number of thiophene rings is 1. The first-order valence-electron chi connectivity index (χ1n) is 11.7. The summed E-state index contributed by atoms with van der Waals surface area (Å²) in [6.07, 6.45) is 4.02. The van der Waals surface area contributed by atoms with Crippen LogP contribution in [-0.2, 0) is 12.8 Å². The second kappa shape index (κ2) is 9.77. The average molecular weight is 484 g/mol. The number of nitrogens with zero attached hydrogens (tertiary/aromatic N) is 2. The van der Waals surface area contributed by atoms with Crippen molar-refractivity contribution in [3.05, 3.63) is 81.2 Å². The van der Waals surface area contributed by atoms with Gasteiger partial charge in [0.05, 0.1) is 12.2 Å². The van der Waals surface area contributed by atoms with E-state index in [4.69, 9.17) is 14.1 Å². The van der Waals surface area contributed by atoms with Crippen LogP contribution in [0.2, 0.25) is 0 Å². The number of anilines is 1. The van der Waals surface area contributed by atoms with E-state index in [2.05, 4.69) is 11.4 Å². The molecule has 0 saturated carbocycles. The molecule has 0 spiro atoms. The summed E-state index contributed by atoms with van der Waals surface area (Å²) in [5, 5.41) is 14.1. The molecule has 1 aliphatic rings. The van der Waals surface area contributed by atoms with E-state index in [1.54, 1.807) is 6.07 Å². The standard InChI is InChI=1S/C28H25N3O3S/c1-3-33-23-9-6-7-18-15-21(26(32)30-19-13-11-17(2)12-14-19)27(34-25(18)23)31-28-22(16-29)20-8-4-5-10-24(20)35-28/h6-7,9,11-15H,3-5,8,10H2,1-2H3,(H,30,32). The predicted octanol–water partition coefficient (Wildman–Crippen LogP) is 6.44. The molecule has 176 valence electrons. The first kappa shape index (κ1) is 22.9. The summed E-state index contributed by atoms with van der Waals surface area (Å²) in [5.74, 6) is 0.248. The molecule has 6 nitrogen and oxygen atoms in total. The highest BCUT2D eigenvalue weighted by atomic mass is 32.1. The van der Waals surface area contributed by atoms with Gasteiger partial charge in [0.1, 0.15) is 16.6 Å². The summed E-state index contributed by atoms with van der Waals surface area (Å²) in [5.41, 5.74) is 4.42. The third-order valence-electron chi connectivity index (χ3n) is 6.06. The van der Waals surface area contributed by atoms with Gasteiger partial charge in [0, 0.05) is 16.0 Å². The molecular formula is C28H25N3O3S. The van der Waals surface area contributed by atoms with Crippen molar-refractivity contribution in [1.82, 2.24) is 0 Å². The number of rotatable bonds is 5. The highest BCUT2D eigenvalue weighted by Crippen LogP contribution is 2.39. The molecule has 1 aliphatic carbocycles. The van der Waals surface area contributed by atoms with Gasteiger partial charge < -0.3 is 14.5 Å². The van der Waals surface area contributed by atoms with Gasteiger partial charge in [-0.15, -0.1) is 11.3 Å². The van der Waals surface area contributed by atoms with Crippen LogP contribution in [0.15, 0.2) is 57.9 Å². The normalized spacial score (nSPS) is 13.3. The Morgan fingerprint density at radius 2 is 2.00 bits per heavy atom. The molecule has 1 amide bonds. The molecule has 2 aromatic carbocycles. The monoisotopic (exact) mass is 483 g/mol. The zero-order valence-electron chi connectivity index (χ0n) is 19.7. The number of hydrogen-bond donors (Lipinski definition) is 1. The van der Waals surface area contributed by atoms with E-state index in [-0.39, 0.29) is 11.5 Å². The minimum atomic E-state index is -0.333. The first-order valence-corrected chi connectivity index (χ1v) is 12.6. The number of amides is 1. The highest BCUT2D eigenvalue weighted by Gasteiger charge is 2.22. The number of ether oxygens (including phenoxy) is 1. The van der Waals surface area contributed by atoms with Crippen LogP contribution in [0, 0.1) is 18.3 Å². The van der Waals surface area contributed by atoms with Crippen molar-refractivity contribution in [3.63, 3.8) is 0 Å². The summed E-state index contributed by atoms with van der Waals surface area (Å²) >= 11 is 1.52. The molecule has 0 fully saturated rings. The molecule has 2 heterocycles. The van der Waals surface area contributed by atoms with Crippen molar-refractivity contribution in [2.45, 2.75) is 39.5 Å². The van der Waals surface area contributed by atoms with Gasteiger partial charge in [-0.25, -0.2) is 4.99 Å². The number of nitrogens with one attached hydrogen (secondary N) is 1. The molecule has 0 aliphatic heterocycles. The SMILES string of the molecule is CCOc1cccc2cc(C(=O)Nc3ccc(C)cc3)c(=Nc3sc4c(c3C#N)CCCC4)oc12. The van der Waals surface area contributed by atoms with Crippen molar-refractivity contribution in [1.29, 1.82) is 5.26 Å². The van der Waals surface area contributed by atoms with E-state index >= 15 is 0 Å². The Hall–Kier alpha value is -3.89. The van der Waals surface area contributed by atoms with Crippen molar-refractivity contribution in [3.8, 4) is 11.8 Å². The number of carbonyl (C=O) groups excluding carboxylic acids is 1. The van der Waals surface area contributed by atoms with Crippen molar-refractivity contribution < 1.29 is 13.9 Å². The maximum absolute atomic E-state index is 13.4. The molecule has 2 aromatic heterocycles. The van der Waals surface area contributed by atoms with Gasteiger partial charge in [0.25, 0.3) is 5.91 Å². The number of aryl methyl sites for hydroxylation is 2. The Balaban J connectivity index is 1.69. The molecule has 7 heteroatoms. The van der Waals surface area contributed by atoms with E-state index < -0.39 is 0 Å². The fourth-order valence-corrected chi connectivity index (χ4v) is 5.52. The van der Waals surface area contributed by atoms with E-state index in [1.807, 2.05) is 56.3 Å². The van der Waals surface area contributed by atoms with E-state index in [9.17, 15) is 10.1 Å². The Kier molecular flexibility index (Phi) is 6.39. The zero-order chi connectivity index (χ0) is 24.4. The lowest BCUT2D eigenvalue weighted by Crippen LogP contribution is -2.21. The first-order chi connectivity index (χ1) is 17.1. The highest BCUT2D eigenvalue weighted by molar-refractivity contribution is 7.16. The van der Waals surface area contributed by atoms with Gasteiger partial charge in [-0.2, -0.15) is 5.26 Å². The van der Waals surface area contributed by atoms with Crippen LogP contribution in [0.25, 0.3) is 11.0 Å². The van der Waals surface area contributed by atoms with Crippen molar-refractivity contribution >= 4 is 38.9 Å². The lowest BCUT2D eigenvalue weighted by atomic mass is 9.96. The van der Waals surface area contributed by atoms with Crippen LogP contribution < -0.4 is 15.6 Å². The predicted molar refractivity (Wildman–Crippen MR) is 137 cm³/mol. The Labute approximate surface area is 207 Å². The second-order valence-electron chi connectivity index (χ2n) is 8.51. The third-order valence-corrected chi connectivity index (χ3v) is 7.25. The number of nitriles is 1. The van der Waals surface area contributed by atoms with Gasteiger partial charge in [-0.05, 0) is 69.4 Å². The van der Waals surface area contributed by atoms with Crippen molar-refractivity contribution in [2.75, 3.05) is 11.9 Å². The van der Waals surface area contributed by atoms with Gasteiger partial charge in [0.15, 0.2) is 11.3 Å². The number of benzene rings is 2. The summed E-state index contributed by atoms with van der Waals surface area (Å²) in [4.78, 5) is 19.3. The average Bonchev–Trinajstić information content (AvgIpc) is 3.22. The molecule has 0 atom stereocenters. The van der Waals surface area contributed by atoms with Gasteiger partial charge in [0.2, 0.25) is 5.55 Å². The van der Waals surface area contributed by atoms with Crippen LogP contribution in [0.3, 0.4) is 0 Å². The summed E-state index contributed by atoms with van der Waals surface area (Å²) in [6, 6.07) is 17.3. The summed E-state index contributed by atoms with van der Waals surface area (Å²) in [6.45, 7) is 4.38. The molecule has 0 bridgehead atoms. The number of fused-ring (bicyclic) bond motifs is 2. The molecule has 35 heavy (non-hydrogen) atoms. The van der Waals surface area contributed by atoms with Gasteiger partial charge in [-0.3, -0.25) is 4.79 Å². The lowest BCUT2D eigenvalue weighted by molar-refractivity contribution is 0.102. The van der Waals surface area contributed by atoms with Crippen LogP contribution in [-0.4, -0.2) is 12.5 Å². The van der Waals surface area contributed by atoms with Crippen molar-refractivity contribution in [2.24, 2.45) is 4.99 Å². The third kappa shape index (κ3) is 4.58. The van der Waals surface area contributed by atoms with E-state index in [0.717, 1.165) is 42.2 Å². The largest absolute Gasteiger partial charge is 0.490 e. The van der Waals surface area contributed by atoms with Crippen LogP contribution in [0.1, 0.15) is 51.7 Å². The summed E-state index contributed by atoms with van der Waals surface area (Å²) in [7, 11) is 0. The smallest absolute Gasteiger partial charge is 0.261 e. The maximum atomic E-state index is 13.4. The topological polar surface area (TPSA) is 87.6 Å². The molecule has 0 radical (unpaired) electrons. The minimum Gasteiger partial charge on any atom is -0.490 e. The molecule has 0 saturated heterocycles. The maximum Gasteiger partial charge on any atom is 0.261 e. The zero-order valence-corrected chi connectivity index (χ0v) is 20.5. The molecular weight excluding hydrogens is 458 g/mol. The Morgan fingerprint density at radius 3 is 2.77 bits per heavy atom. The van der Waals surface area contributed by atoms with E-state index in [1.165, 1.54) is 16.2 Å². The molecule has 0 unspecified atom stereocenters. The van der Waals surface area contributed by atoms with Gasteiger partial charge in [-0.1, -0.05) is 29.8 Å². The summed E-state index contributed by atoms with van der Waals surface area (Å²) < 4.78 is 12.0. The number of carbonyl (C=O) groups is 1. The second-order valence-corrected chi connectivity index (χ2v) is 9.59. The Bertz CT molecular complexity index is 1520. The fraction of sp³-hybridized carbons (Fsp3) is 0.250. The molecule has 5 rings (SSSR count). The fourth-order valence-electron chi connectivity index (χ4n) is 4.31. The number of para-hydroxylation sites is 1. The molecule has 4 aromatic rings. The van der Waals surface area contributed by atoms with E-state index in [0.29, 0.717) is 39.8 Å². The lowest BCUT2D eigenvalue weighted by Gasteiger charge is -2.10. The minimum absolute atomic E-state index is 0.157. The Morgan fingerprint density at radius 1 is 1.20 bits per heavy atom. The van der Waals surface area contributed by atoms with Gasteiger partial charge >= 0.3 is 0 Å². The van der Waals surface area contributed by atoms with Crippen LogP contribution in [0.5, 0.6) is 5.75 Å². The molecule has 1 N–H and O–H groups in total. The van der Waals surface area contributed by atoms with Crippen LogP contribution in [0.4, 0.5) is 10.7 Å².